The van der Waals surface area contributed by atoms with Crippen molar-refractivity contribution in [3.05, 3.63) is 102 Å². The summed E-state index contributed by atoms with van der Waals surface area (Å²) < 4.78 is 3.84. The van der Waals surface area contributed by atoms with Gasteiger partial charge in [0, 0.05) is 42.0 Å². The molecule has 4 aromatic rings. The fraction of sp³-hybridized carbons (Fsp3) is 0.174. The summed E-state index contributed by atoms with van der Waals surface area (Å²) >= 11 is 6.04. The van der Waals surface area contributed by atoms with Crippen LogP contribution in [0.5, 0.6) is 0 Å². The Balaban J connectivity index is 1.41. The second-order valence-corrected chi connectivity index (χ2v) is 7.61. The van der Waals surface area contributed by atoms with Crippen LogP contribution in [0.1, 0.15) is 23.5 Å². The van der Waals surface area contributed by atoms with Gasteiger partial charge in [-0.15, -0.1) is 0 Å². The van der Waals surface area contributed by atoms with Crippen LogP contribution in [0, 0.1) is 0 Å². The minimum atomic E-state index is -0.0221. The van der Waals surface area contributed by atoms with Crippen LogP contribution in [-0.4, -0.2) is 25.2 Å². The summed E-state index contributed by atoms with van der Waals surface area (Å²) in [4.78, 5) is 16.7. The Morgan fingerprint density at radius 1 is 1.03 bits per heavy atom. The Morgan fingerprint density at radius 3 is 2.43 bits per heavy atom. The number of carbonyl (C=O) groups excluding carboxylic acids is 1. The minimum absolute atomic E-state index is 0.0221. The lowest BCUT2D eigenvalue weighted by Crippen LogP contribution is -2.18. The van der Waals surface area contributed by atoms with E-state index < -0.39 is 0 Å². The third kappa shape index (κ3) is 5.36. The zero-order valence-electron chi connectivity index (χ0n) is 16.4. The molecule has 2 aromatic heterocycles. The van der Waals surface area contributed by atoms with Crippen molar-refractivity contribution < 1.29 is 4.79 Å². The molecule has 0 aliphatic rings. The Hall–Kier alpha value is -3.38. The molecule has 152 valence electrons. The highest BCUT2D eigenvalue weighted by atomic mass is 35.5. The zero-order valence-corrected chi connectivity index (χ0v) is 17.1. The number of carbonyl (C=O) groups is 1. The third-order valence-corrected chi connectivity index (χ3v) is 5.17. The molecule has 0 spiro atoms. The number of nitrogens with one attached hydrogen (secondary N) is 1. The molecule has 0 fully saturated rings. The van der Waals surface area contributed by atoms with E-state index in [1.165, 1.54) is 6.33 Å². The SMILES string of the molecule is O=C(C[C@H](Cn1cccc1)c1ccc(Cl)cc1)Nc1ccc(Cn2cncn2)cc1. The molecule has 4 rings (SSSR count). The number of amides is 1. The fourth-order valence-electron chi connectivity index (χ4n) is 3.40. The highest BCUT2D eigenvalue weighted by molar-refractivity contribution is 6.30. The lowest BCUT2D eigenvalue weighted by atomic mass is 9.95. The fourth-order valence-corrected chi connectivity index (χ4v) is 3.53. The summed E-state index contributed by atoms with van der Waals surface area (Å²) in [5, 5.41) is 7.80. The van der Waals surface area contributed by atoms with Gasteiger partial charge in [0.25, 0.3) is 0 Å². The Morgan fingerprint density at radius 2 is 1.77 bits per heavy atom. The zero-order chi connectivity index (χ0) is 20.8. The van der Waals surface area contributed by atoms with Crippen LogP contribution in [0.15, 0.2) is 85.7 Å². The lowest BCUT2D eigenvalue weighted by molar-refractivity contribution is -0.116. The van der Waals surface area contributed by atoms with Gasteiger partial charge >= 0.3 is 0 Å². The van der Waals surface area contributed by atoms with Crippen molar-refractivity contribution >= 4 is 23.2 Å². The van der Waals surface area contributed by atoms with Gasteiger partial charge in [0.2, 0.25) is 5.91 Å². The van der Waals surface area contributed by atoms with Gasteiger partial charge in [0.1, 0.15) is 12.7 Å². The lowest BCUT2D eigenvalue weighted by Gasteiger charge is -2.18. The molecule has 2 heterocycles. The molecular weight excluding hydrogens is 398 g/mol. The van der Waals surface area contributed by atoms with Gasteiger partial charge in [-0.2, -0.15) is 5.10 Å². The van der Waals surface area contributed by atoms with Crippen LogP contribution < -0.4 is 5.32 Å². The first-order valence-electron chi connectivity index (χ1n) is 9.73. The van der Waals surface area contributed by atoms with E-state index in [1.54, 1.807) is 11.0 Å². The standard InChI is InChI=1S/C23H22ClN5O/c24-21-7-5-19(6-8-21)20(15-28-11-1-2-12-28)13-23(30)27-22-9-3-18(4-10-22)14-29-17-25-16-26-29/h1-12,16-17,20H,13-15H2,(H,27,30)/t20-/m1/s1. The van der Waals surface area contributed by atoms with Gasteiger partial charge in [0.05, 0.1) is 6.54 Å². The maximum atomic E-state index is 12.8. The van der Waals surface area contributed by atoms with Crippen LogP contribution >= 0.6 is 11.6 Å². The van der Waals surface area contributed by atoms with Crippen LogP contribution in [0.3, 0.4) is 0 Å². The summed E-state index contributed by atoms with van der Waals surface area (Å²) in [6.45, 7) is 1.36. The van der Waals surface area contributed by atoms with Gasteiger partial charge in [-0.1, -0.05) is 35.9 Å². The normalized spacial score (nSPS) is 11.9. The van der Waals surface area contributed by atoms with Crippen LogP contribution in [0.4, 0.5) is 5.69 Å². The van der Waals surface area contributed by atoms with Crippen molar-refractivity contribution in [3.63, 3.8) is 0 Å². The number of halogens is 1. The molecule has 30 heavy (non-hydrogen) atoms. The van der Waals surface area contributed by atoms with Gasteiger partial charge in [-0.05, 0) is 47.5 Å². The molecule has 0 aliphatic heterocycles. The maximum Gasteiger partial charge on any atom is 0.225 e. The molecule has 1 atom stereocenters. The van der Waals surface area contributed by atoms with E-state index in [0.29, 0.717) is 18.0 Å². The summed E-state index contributed by atoms with van der Waals surface area (Å²) in [7, 11) is 0. The minimum Gasteiger partial charge on any atom is -0.354 e. The van der Waals surface area contributed by atoms with E-state index >= 15 is 0 Å². The highest BCUT2D eigenvalue weighted by Gasteiger charge is 2.17. The largest absolute Gasteiger partial charge is 0.354 e. The predicted octanol–water partition coefficient (Wildman–Crippen LogP) is 4.59. The van der Waals surface area contributed by atoms with Crippen LogP contribution in [-0.2, 0) is 17.9 Å². The number of hydrogen-bond acceptors (Lipinski definition) is 3. The van der Waals surface area contributed by atoms with E-state index in [4.69, 9.17) is 11.6 Å². The van der Waals surface area contributed by atoms with Crippen LogP contribution in [0.2, 0.25) is 5.02 Å². The molecule has 1 N–H and O–H groups in total. The smallest absolute Gasteiger partial charge is 0.225 e. The van der Waals surface area contributed by atoms with Crippen molar-refractivity contribution in [1.29, 1.82) is 0 Å². The monoisotopic (exact) mass is 419 g/mol. The van der Waals surface area contributed by atoms with Crippen molar-refractivity contribution in [2.45, 2.75) is 25.4 Å². The first kappa shape index (κ1) is 19.9. The summed E-state index contributed by atoms with van der Waals surface area (Å²) in [6.07, 6.45) is 7.58. The van der Waals surface area contributed by atoms with E-state index in [1.807, 2.05) is 73.1 Å². The van der Waals surface area contributed by atoms with Crippen molar-refractivity contribution in [1.82, 2.24) is 19.3 Å². The van der Waals surface area contributed by atoms with Gasteiger partial charge in [-0.3, -0.25) is 4.79 Å². The maximum absolute atomic E-state index is 12.8. The first-order chi connectivity index (χ1) is 14.7. The quantitative estimate of drug-likeness (QED) is 0.454. The van der Waals surface area contributed by atoms with Crippen molar-refractivity contribution in [2.75, 3.05) is 5.32 Å². The van der Waals surface area contributed by atoms with E-state index in [9.17, 15) is 4.79 Å². The van der Waals surface area contributed by atoms with Gasteiger partial charge < -0.3 is 9.88 Å². The number of anilines is 1. The van der Waals surface area contributed by atoms with E-state index in [2.05, 4.69) is 20.0 Å². The highest BCUT2D eigenvalue weighted by Crippen LogP contribution is 2.24. The second-order valence-electron chi connectivity index (χ2n) is 7.17. The molecule has 7 heteroatoms. The molecule has 2 aromatic carbocycles. The Labute approximate surface area is 180 Å². The summed E-state index contributed by atoms with van der Waals surface area (Å²) in [6, 6.07) is 19.5. The molecule has 0 bridgehead atoms. The van der Waals surface area contributed by atoms with Gasteiger partial charge in [0.15, 0.2) is 0 Å². The Bertz CT molecular complexity index is 1060. The molecule has 0 saturated carbocycles. The number of nitrogens with zero attached hydrogens (tertiary/aromatic N) is 4. The van der Waals surface area contributed by atoms with E-state index in [0.717, 1.165) is 23.4 Å². The molecule has 6 nitrogen and oxygen atoms in total. The topological polar surface area (TPSA) is 64.7 Å². The summed E-state index contributed by atoms with van der Waals surface area (Å²) in [5.41, 5.74) is 2.95. The first-order valence-corrected chi connectivity index (χ1v) is 10.1. The molecule has 1 amide bonds. The van der Waals surface area contributed by atoms with Crippen molar-refractivity contribution in [3.8, 4) is 0 Å². The van der Waals surface area contributed by atoms with Crippen molar-refractivity contribution in [2.24, 2.45) is 0 Å². The average molecular weight is 420 g/mol. The number of aromatic nitrogens is 4. The van der Waals surface area contributed by atoms with Gasteiger partial charge in [-0.25, -0.2) is 9.67 Å². The second kappa shape index (κ2) is 9.41. The average Bonchev–Trinajstić information content (AvgIpc) is 3.44. The molecule has 0 saturated heterocycles. The number of benzene rings is 2. The molecule has 0 radical (unpaired) electrons. The molecular formula is C23H22ClN5O. The predicted molar refractivity (Wildman–Crippen MR) is 117 cm³/mol. The number of hydrogen-bond donors (Lipinski definition) is 1. The Kier molecular flexibility index (Phi) is 6.25. The third-order valence-electron chi connectivity index (χ3n) is 4.92. The number of rotatable bonds is 8. The summed E-state index contributed by atoms with van der Waals surface area (Å²) in [5.74, 6) is 0.0207. The molecule has 0 aliphatic carbocycles. The molecule has 0 unspecified atom stereocenters. The van der Waals surface area contributed by atoms with Crippen LogP contribution in [0.25, 0.3) is 0 Å². The van der Waals surface area contributed by atoms with E-state index in [-0.39, 0.29) is 11.8 Å².